The van der Waals surface area contributed by atoms with Gasteiger partial charge >= 0.3 is 0 Å². The molecule has 3 aromatic heterocycles. The van der Waals surface area contributed by atoms with Gasteiger partial charge in [0.05, 0.1) is 27.8 Å². The normalized spacial score (nSPS) is 11.5. The van der Waals surface area contributed by atoms with Crippen molar-refractivity contribution in [1.82, 2.24) is 24.5 Å². The molecule has 0 radical (unpaired) electrons. The van der Waals surface area contributed by atoms with E-state index in [1.165, 1.54) is 21.9 Å². The molecule has 3 heterocycles. The zero-order chi connectivity index (χ0) is 45.0. The summed E-state index contributed by atoms with van der Waals surface area (Å²) in [7, 11) is 0. The first kappa shape index (κ1) is 39.2. The molecule has 0 atom stereocenters. The number of hydrogen-bond acceptors (Lipinski definition) is 3. The molecule has 0 saturated carbocycles. The summed E-state index contributed by atoms with van der Waals surface area (Å²) >= 11 is 0. The minimum atomic E-state index is 0.614. The predicted octanol–water partition coefficient (Wildman–Crippen LogP) is 16.3. The van der Waals surface area contributed by atoms with Crippen molar-refractivity contribution in [2.45, 2.75) is 0 Å². The maximum Gasteiger partial charge on any atom is 0.164 e. The molecule has 68 heavy (non-hydrogen) atoms. The van der Waals surface area contributed by atoms with Crippen LogP contribution < -0.4 is 0 Å². The van der Waals surface area contributed by atoms with Crippen molar-refractivity contribution in [2.75, 3.05) is 0 Å². The fourth-order valence-corrected chi connectivity index (χ4v) is 9.89. The number of rotatable bonds is 8. The SMILES string of the molecule is c1ccc(-c2cc(-c3cccc(-c4nc(-c5ccccc5)nc(-c5ccccc5)n4)c3)c3[nH]c4c(-n5c6ccccc6c6cc(-c7ccccc7)ccc65)cc(-c5ccccc5)cc4c3c2)cc1. The van der Waals surface area contributed by atoms with Gasteiger partial charge in [-0.15, -0.1) is 0 Å². The molecule has 5 nitrogen and oxygen atoms in total. The lowest BCUT2D eigenvalue weighted by Crippen LogP contribution is -2.00. The summed E-state index contributed by atoms with van der Waals surface area (Å²) < 4.78 is 2.46. The Morgan fingerprint density at radius 1 is 0.265 bits per heavy atom. The van der Waals surface area contributed by atoms with Crippen LogP contribution in [0.2, 0.25) is 0 Å². The van der Waals surface area contributed by atoms with E-state index in [0.717, 1.165) is 88.6 Å². The lowest BCUT2D eigenvalue weighted by Gasteiger charge is -2.13. The number of nitrogens with one attached hydrogen (secondary N) is 1. The first-order chi connectivity index (χ1) is 33.7. The van der Waals surface area contributed by atoms with Crippen LogP contribution >= 0.6 is 0 Å². The second-order valence-corrected chi connectivity index (χ2v) is 17.3. The molecular formula is C63H41N5. The Morgan fingerprint density at radius 2 is 0.706 bits per heavy atom. The van der Waals surface area contributed by atoms with Crippen molar-refractivity contribution < 1.29 is 0 Å². The smallest absolute Gasteiger partial charge is 0.164 e. The lowest BCUT2D eigenvalue weighted by atomic mass is 9.94. The zero-order valence-electron chi connectivity index (χ0n) is 36.9. The average Bonchev–Trinajstić information content (AvgIpc) is 3.97. The van der Waals surface area contributed by atoms with Gasteiger partial charge in [0.25, 0.3) is 0 Å². The van der Waals surface area contributed by atoms with E-state index in [1.807, 2.05) is 60.7 Å². The number of aromatic nitrogens is 5. The topological polar surface area (TPSA) is 59.4 Å². The molecule has 10 aromatic carbocycles. The van der Waals surface area contributed by atoms with E-state index in [0.29, 0.717) is 17.5 Å². The second-order valence-electron chi connectivity index (χ2n) is 17.3. The Kier molecular flexibility index (Phi) is 9.43. The van der Waals surface area contributed by atoms with Gasteiger partial charge in [-0.3, -0.25) is 0 Å². The van der Waals surface area contributed by atoms with Crippen LogP contribution in [0.5, 0.6) is 0 Å². The number of H-pyrrole nitrogens is 1. The van der Waals surface area contributed by atoms with Gasteiger partial charge in [0, 0.05) is 43.8 Å². The van der Waals surface area contributed by atoms with Gasteiger partial charge in [0.1, 0.15) is 0 Å². The van der Waals surface area contributed by atoms with Crippen LogP contribution in [0.4, 0.5) is 0 Å². The van der Waals surface area contributed by atoms with Crippen molar-refractivity contribution in [3.63, 3.8) is 0 Å². The number of para-hydroxylation sites is 1. The lowest BCUT2D eigenvalue weighted by molar-refractivity contribution is 1.07. The van der Waals surface area contributed by atoms with E-state index in [9.17, 15) is 0 Å². The van der Waals surface area contributed by atoms with Crippen LogP contribution in [0.3, 0.4) is 0 Å². The summed E-state index contributed by atoms with van der Waals surface area (Å²) in [5.41, 5.74) is 17.4. The van der Waals surface area contributed by atoms with Crippen molar-refractivity contribution in [2.24, 2.45) is 0 Å². The molecule has 13 rings (SSSR count). The third-order valence-corrected chi connectivity index (χ3v) is 13.2. The van der Waals surface area contributed by atoms with E-state index < -0.39 is 0 Å². The van der Waals surface area contributed by atoms with Crippen LogP contribution in [0.25, 0.3) is 128 Å². The fourth-order valence-electron chi connectivity index (χ4n) is 9.89. The quantitative estimate of drug-likeness (QED) is 0.165. The number of aromatic amines is 1. The van der Waals surface area contributed by atoms with Gasteiger partial charge < -0.3 is 9.55 Å². The Balaban J connectivity index is 1.07. The van der Waals surface area contributed by atoms with Crippen LogP contribution in [0, 0.1) is 0 Å². The third kappa shape index (κ3) is 6.84. The van der Waals surface area contributed by atoms with Gasteiger partial charge in [0.2, 0.25) is 0 Å². The highest BCUT2D eigenvalue weighted by atomic mass is 15.0. The third-order valence-electron chi connectivity index (χ3n) is 13.2. The first-order valence-electron chi connectivity index (χ1n) is 23.0. The number of nitrogens with zero attached hydrogens (tertiary/aromatic N) is 4. The minimum absolute atomic E-state index is 0.614. The molecule has 5 heteroatoms. The summed E-state index contributed by atoms with van der Waals surface area (Å²) in [4.78, 5) is 19.3. The highest BCUT2D eigenvalue weighted by molar-refractivity contribution is 6.18. The predicted molar refractivity (Wildman–Crippen MR) is 282 cm³/mol. The van der Waals surface area contributed by atoms with Gasteiger partial charge in [0.15, 0.2) is 17.5 Å². The van der Waals surface area contributed by atoms with Crippen molar-refractivity contribution in [1.29, 1.82) is 0 Å². The molecule has 0 aliphatic carbocycles. The Morgan fingerprint density at radius 3 is 1.31 bits per heavy atom. The molecule has 0 amide bonds. The first-order valence-corrected chi connectivity index (χ1v) is 23.0. The average molecular weight is 868 g/mol. The fraction of sp³-hybridized carbons (Fsp3) is 0. The van der Waals surface area contributed by atoms with Crippen LogP contribution in [0.1, 0.15) is 0 Å². The van der Waals surface area contributed by atoms with Gasteiger partial charge in [-0.25, -0.2) is 15.0 Å². The second kappa shape index (κ2) is 16.4. The number of hydrogen-bond donors (Lipinski definition) is 1. The van der Waals surface area contributed by atoms with Gasteiger partial charge in [-0.05, 0) is 87.5 Å². The number of fused-ring (bicyclic) bond motifs is 6. The molecule has 1 N–H and O–H groups in total. The van der Waals surface area contributed by atoms with Crippen molar-refractivity contribution in [3.8, 4) is 84.4 Å². The molecule has 0 aliphatic heterocycles. The highest BCUT2D eigenvalue weighted by Gasteiger charge is 2.22. The minimum Gasteiger partial charge on any atom is -0.352 e. The Hall–Kier alpha value is -9.19. The number of benzene rings is 10. The molecule has 13 aromatic rings. The summed E-state index contributed by atoms with van der Waals surface area (Å²) in [6.07, 6.45) is 0. The standard InChI is InChI=1S/C63H41N5/c1-6-19-41(20-7-1)46-33-34-57-53(36-46)51-31-16-17-32-56(51)68(57)58-40-50(43-23-10-3-11-24-43)39-55-54-38-49(42-21-8-2-9-22-42)37-52(59(54)64-60(55)58)47-29-18-30-48(35-47)63-66-61(44-25-12-4-13-26-44)65-62(67-63)45-27-14-5-15-28-45/h1-40,64H. The van der Waals surface area contributed by atoms with Gasteiger partial charge in [-0.2, -0.15) is 0 Å². The zero-order valence-corrected chi connectivity index (χ0v) is 36.9. The highest BCUT2D eigenvalue weighted by Crippen LogP contribution is 2.44. The summed E-state index contributed by atoms with van der Waals surface area (Å²) in [5, 5.41) is 4.72. The molecule has 0 saturated heterocycles. The molecule has 0 spiro atoms. The molecule has 0 unspecified atom stereocenters. The summed E-state index contributed by atoms with van der Waals surface area (Å²) in [6.45, 7) is 0. The molecular weight excluding hydrogens is 827 g/mol. The maximum absolute atomic E-state index is 5.11. The Labute approximate surface area is 393 Å². The van der Waals surface area contributed by atoms with E-state index in [1.54, 1.807) is 0 Å². The summed E-state index contributed by atoms with van der Waals surface area (Å²) in [5.74, 6) is 1.88. The molecule has 318 valence electrons. The molecule has 0 aliphatic rings. The van der Waals surface area contributed by atoms with E-state index in [-0.39, 0.29) is 0 Å². The van der Waals surface area contributed by atoms with Crippen molar-refractivity contribution in [3.05, 3.63) is 243 Å². The van der Waals surface area contributed by atoms with Crippen LogP contribution in [-0.4, -0.2) is 24.5 Å². The maximum atomic E-state index is 5.11. The van der Waals surface area contributed by atoms with Crippen LogP contribution in [-0.2, 0) is 0 Å². The van der Waals surface area contributed by atoms with E-state index >= 15 is 0 Å². The monoisotopic (exact) mass is 867 g/mol. The van der Waals surface area contributed by atoms with E-state index in [2.05, 4.69) is 192 Å². The molecule has 0 bridgehead atoms. The summed E-state index contributed by atoms with van der Waals surface area (Å²) in [6, 6.07) is 86.1. The van der Waals surface area contributed by atoms with Crippen LogP contribution in [0.15, 0.2) is 243 Å². The largest absolute Gasteiger partial charge is 0.352 e. The van der Waals surface area contributed by atoms with Crippen molar-refractivity contribution >= 4 is 43.6 Å². The molecule has 0 fully saturated rings. The van der Waals surface area contributed by atoms with E-state index in [4.69, 9.17) is 15.0 Å². The van der Waals surface area contributed by atoms with Gasteiger partial charge in [-0.1, -0.05) is 194 Å². The Bertz CT molecular complexity index is 3930.